The topological polar surface area (TPSA) is 15.3 Å². The Balaban J connectivity index is 2.04. The third-order valence-corrected chi connectivity index (χ3v) is 4.39. The van der Waals surface area contributed by atoms with Crippen LogP contribution in [-0.2, 0) is 0 Å². The lowest BCUT2D eigenvalue weighted by Gasteiger charge is -2.40. The summed E-state index contributed by atoms with van der Waals surface area (Å²) >= 11 is 0. The first-order valence-electron chi connectivity index (χ1n) is 7.70. The molecule has 2 nitrogen and oxygen atoms in total. The van der Waals surface area contributed by atoms with Gasteiger partial charge in [-0.25, -0.2) is 0 Å². The van der Waals surface area contributed by atoms with Crippen molar-refractivity contribution >= 4 is 0 Å². The molecule has 19 heavy (non-hydrogen) atoms. The fraction of sp³-hybridized carbons (Fsp3) is 0.647. The molecule has 0 aliphatic carbocycles. The minimum absolute atomic E-state index is 0.477. The lowest BCUT2D eigenvalue weighted by Crippen LogP contribution is -2.45. The van der Waals surface area contributed by atoms with Gasteiger partial charge in [0.05, 0.1) is 0 Å². The first-order chi connectivity index (χ1) is 9.22. The number of likely N-dealkylation sites (tertiary alicyclic amines) is 1. The van der Waals surface area contributed by atoms with Crippen LogP contribution in [0.2, 0.25) is 0 Å². The van der Waals surface area contributed by atoms with E-state index in [1.165, 1.54) is 37.8 Å². The van der Waals surface area contributed by atoms with E-state index >= 15 is 0 Å². The predicted octanol–water partition coefficient (Wildman–Crippen LogP) is 3.60. The molecule has 0 amide bonds. The van der Waals surface area contributed by atoms with Crippen LogP contribution in [0.4, 0.5) is 0 Å². The zero-order valence-corrected chi connectivity index (χ0v) is 12.6. The van der Waals surface area contributed by atoms with Crippen molar-refractivity contribution in [2.75, 3.05) is 13.6 Å². The summed E-state index contributed by atoms with van der Waals surface area (Å²) in [5.74, 6) is 0. The molecular formula is C17H28N2. The highest BCUT2D eigenvalue weighted by atomic mass is 15.2. The Labute approximate surface area is 118 Å². The second-order valence-corrected chi connectivity index (χ2v) is 5.97. The van der Waals surface area contributed by atoms with Crippen LogP contribution in [0.25, 0.3) is 0 Å². The summed E-state index contributed by atoms with van der Waals surface area (Å²) in [5, 5.41) is 3.50. The van der Waals surface area contributed by atoms with Crippen LogP contribution in [0.15, 0.2) is 30.3 Å². The first kappa shape index (κ1) is 14.5. The molecule has 106 valence electrons. The van der Waals surface area contributed by atoms with E-state index < -0.39 is 0 Å². The van der Waals surface area contributed by atoms with Gasteiger partial charge in [0, 0.05) is 18.1 Å². The quantitative estimate of drug-likeness (QED) is 0.870. The van der Waals surface area contributed by atoms with Gasteiger partial charge in [-0.05, 0) is 52.3 Å². The third kappa shape index (κ3) is 3.80. The van der Waals surface area contributed by atoms with Gasteiger partial charge in [0.1, 0.15) is 0 Å². The van der Waals surface area contributed by atoms with Crippen molar-refractivity contribution in [3.05, 3.63) is 35.9 Å². The summed E-state index contributed by atoms with van der Waals surface area (Å²) in [4.78, 5) is 2.69. The SMILES string of the molecule is CNC(CC1CCCCN1C(C)C)c1ccccc1. The summed E-state index contributed by atoms with van der Waals surface area (Å²) in [6.07, 6.45) is 5.32. The van der Waals surface area contributed by atoms with Gasteiger partial charge >= 0.3 is 0 Å². The maximum atomic E-state index is 3.50. The molecule has 1 fully saturated rings. The lowest BCUT2D eigenvalue weighted by molar-refractivity contribution is 0.0977. The second kappa shape index (κ2) is 7.06. The molecule has 1 aliphatic heterocycles. The average molecular weight is 260 g/mol. The Morgan fingerprint density at radius 2 is 1.95 bits per heavy atom. The van der Waals surface area contributed by atoms with E-state index in [1.54, 1.807) is 0 Å². The molecule has 1 saturated heterocycles. The molecule has 0 aromatic heterocycles. The molecule has 1 N–H and O–H groups in total. The highest BCUT2D eigenvalue weighted by molar-refractivity contribution is 5.19. The predicted molar refractivity (Wildman–Crippen MR) is 82.3 cm³/mol. The van der Waals surface area contributed by atoms with Crippen LogP contribution in [0.3, 0.4) is 0 Å². The summed E-state index contributed by atoms with van der Waals surface area (Å²) in [6.45, 7) is 5.93. The van der Waals surface area contributed by atoms with E-state index in [9.17, 15) is 0 Å². The molecule has 0 radical (unpaired) electrons. The van der Waals surface area contributed by atoms with Gasteiger partial charge in [-0.2, -0.15) is 0 Å². The normalized spacial score (nSPS) is 22.6. The van der Waals surface area contributed by atoms with E-state index in [0.717, 1.165) is 6.04 Å². The molecule has 2 heteroatoms. The fourth-order valence-electron chi connectivity index (χ4n) is 3.33. The number of hydrogen-bond acceptors (Lipinski definition) is 2. The number of hydrogen-bond donors (Lipinski definition) is 1. The maximum absolute atomic E-state index is 3.50. The van der Waals surface area contributed by atoms with Gasteiger partial charge in [-0.3, -0.25) is 4.90 Å². The molecule has 2 rings (SSSR count). The van der Waals surface area contributed by atoms with E-state index in [4.69, 9.17) is 0 Å². The lowest BCUT2D eigenvalue weighted by atomic mass is 9.91. The molecular weight excluding hydrogens is 232 g/mol. The molecule has 0 bridgehead atoms. The van der Waals surface area contributed by atoms with Crippen molar-refractivity contribution in [3.63, 3.8) is 0 Å². The third-order valence-electron chi connectivity index (χ3n) is 4.39. The van der Waals surface area contributed by atoms with E-state index in [0.29, 0.717) is 12.1 Å². The van der Waals surface area contributed by atoms with Crippen LogP contribution in [0, 0.1) is 0 Å². The van der Waals surface area contributed by atoms with E-state index in [-0.39, 0.29) is 0 Å². The van der Waals surface area contributed by atoms with Gasteiger partial charge in [-0.15, -0.1) is 0 Å². The molecule has 1 aromatic carbocycles. The van der Waals surface area contributed by atoms with Crippen molar-refractivity contribution in [3.8, 4) is 0 Å². The van der Waals surface area contributed by atoms with Crippen LogP contribution in [-0.4, -0.2) is 30.6 Å². The van der Waals surface area contributed by atoms with Crippen LogP contribution >= 0.6 is 0 Å². The Morgan fingerprint density at radius 3 is 2.58 bits per heavy atom. The molecule has 0 spiro atoms. The van der Waals surface area contributed by atoms with Crippen LogP contribution in [0.5, 0.6) is 0 Å². The fourth-order valence-corrected chi connectivity index (χ4v) is 3.33. The highest BCUT2D eigenvalue weighted by Gasteiger charge is 2.26. The maximum Gasteiger partial charge on any atom is 0.0332 e. The number of rotatable bonds is 5. The Morgan fingerprint density at radius 1 is 1.21 bits per heavy atom. The van der Waals surface area contributed by atoms with Gasteiger partial charge in [0.25, 0.3) is 0 Å². The number of nitrogens with zero attached hydrogens (tertiary/aromatic N) is 1. The monoisotopic (exact) mass is 260 g/mol. The Kier molecular flexibility index (Phi) is 5.41. The van der Waals surface area contributed by atoms with Crippen molar-refractivity contribution < 1.29 is 0 Å². The van der Waals surface area contributed by atoms with Gasteiger partial charge in [0.15, 0.2) is 0 Å². The van der Waals surface area contributed by atoms with Crippen LogP contribution < -0.4 is 5.32 Å². The van der Waals surface area contributed by atoms with Crippen molar-refractivity contribution in [1.82, 2.24) is 10.2 Å². The van der Waals surface area contributed by atoms with Crippen molar-refractivity contribution in [1.29, 1.82) is 0 Å². The van der Waals surface area contributed by atoms with Gasteiger partial charge in [0.2, 0.25) is 0 Å². The zero-order valence-electron chi connectivity index (χ0n) is 12.6. The minimum atomic E-state index is 0.477. The smallest absolute Gasteiger partial charge is 0.0332 e. The standard InChI is InChI=1S/C17H28N2/c1-14(2)19-12-8-7-11-16(19)13-17(18-3)15-9-5-4-6-10-15/h4-6,9-10,14,16-18H,7-8,11-13H2,1-3H3. The Bertz CT molecular complexity index is 361. The summed E-state index contributed by atoms with van der Waals surface area (Å²) in [7, 11) is 2.08. The zero-order chi connectivity index (χ0) is 13.7. The molecule has 1 aliphatic rings. The number of benzene rings is 1. The minimum Gasteiger partial charge on any atom is -0.313 e. The molecule has 2 atom stereocenters. The molecule has 1 aromatic rings. The summed E-state index contributed by atoms with van der Waals surface area (Å²) in [5.41, 5.74) is 1.42. The van der Waals surface area contributed by atoms with E-state index in [1.807, 2.05) is 0 Å². The molecule has 1 heterocycles. The largest absolute Gasteiger partial charge is 0.313 e. The van der Waals surface area contributed by atoms with E-state index in [2.05, 4.69) is 61.4 Å². The molecule has 0 saturated carbocycles. The Hall–Kier alpha value is -0.860. The number of piperidine rings is 1. The van der Waals surface area contributed by atoms with Gasteiger partial charge in [-0.1, -0.05) is 36.8 Å². The van der Waals surface area contributed by atoms with Crippen molar-refractivity contribution in [2.45, 2.75) is 57.7 Å². The summed E-state index contributed by atoms with van der Waals surface area (Å²) in [6, 6.07) is 12.7. The number of nitrogens with one attached hydrogen (secondary N) is 1. The molecule has 2 unspecified atom stereocenters. The second-order valence-electron chi connectivity index (χ2n) is 5.97. The van der Waals surface area contributed by atoms with Crippen LogP contribution in [0.1, 0.15) is 51.1 Å². The highest BCUT2D eigenvalue weighted by Crippen LogP contribution is 2.27. The van der Waals surface area contributed by atoms with Gasteiger partial charge < -0.3 is 5.32 Å². The summed E-state index contributed by atoms with van der Waals surface area (Å²) < 4.78 is 0. The first-order valence-corrected chi connectivity index (χ1v) is 7.70. The van der Waals surface area contributed by atoms with Crippen molar-refractivity contribution in [2.24, 2.45) is 0 Å². The average Bonchev–Trinajstić information content (AvgIpc) is 2.46.